The van der Waals surface area contributed by atoms with Crippen LogP contribution in [0.2, 0.25) is 0 Å². The first kappa shape index (κ1) is 25.5. The molecule has 14 heteroatoms. The second-order valence-corrected chi connectivity index (χ2v) is 6.72. The fraction of sp³-hybridized carbons (Fsp3) is 0.529. The van der Waals surface area contributed by atoms with Crippen molar-refractivity contribution in [1.82, 2.24) is 25.9 Å². The van der Waals surface area contributed by atoms with Crippen LogP contribution in [-0.2, 0) is 30.4 Å². The van der Waals surface area contributed by atoms with Gasteiger partial charge >= 0.3 is 11.9 Å². The summed E-state index contributed by atoms with van der Waals surface area (Å²) in [6.07, 6.45) is 0.690. The van der Waals surface area contributed by atoms with E-state index in [0.29, 0.717) is 5.69 Å². The van der Waals surface area contributed by atoms with Crippen LogP contribution in [0.3, 0.4) is 0 Å². The van der Waals surface area contributed by atoms with Crippen molar-refractivity contribution in [2.24, 2.45) is 5.73 Å². The molecule has 172 valence electrons. The van der Waals surface area contributed by atoms with Crippen LogP contribution in [-0.4, -0.2) is 85.7 Å². The summed E-state index contributed by atoms with van der Waals surface area (Å²) in [6, 6.07) is -3.97. The summed E-state index contributed by atoms with van der Waals surface area (Å²) in [5, 5.41) is 34.0. The summed E-state index contributed by atoms with van der Waals surface area (Å²) in [6.45, 7) is 0.756. The number of aromatic nitrogens is 2. The van der Waals surface area contributed by atoms with Gasteiger partial charge in [-0.15, -0.1) is 0 Å². The minimum absolute atomic E-state index is 0.0794. The van der Waals surface area contributed by atoms with Crippen molar-refractivity contribution in [1.29, 1.82) is 0 Å². The number of carboxylic acid groups (broad SMARTS) is 2. The van der Waals surface area contributed by atoms with E-state index in [9.17, 15) is 34.2 Å². The van der Waals surface area contributed by atoms with E-state index in [2.05, 4.69) is 25.9 Å². The maximum atomic E-state index is 12.6. The van der Waals surface area contributed by atoms with Crippen molar-refractivity contribution in [2.75, 3.05) is 6.54 Å². The topological polar surface area (TPSA) is 237 Å². The first-order valence-corrected chi connectivity index (χ1v) is 9.24. The monoisotopic (exact) mass is 442 g/mol. The number of aliphatic carboxylic acids is 2. The Bertz CT molecular complexity index is 782. The number of H-pyrrole nitrogens is 1. The summed E-state index contributed by atoms with van der Waals surface area (Å²) in [4.78, 5) is 65.0. The number of nitrogens with zero attached hydrogens (tertiary/aromatic N) is 1. The largest absolute Gasteiger partial charge is 0.481 e. The molecule has 1 aromatic heterocycles. The van der Waals surface area contributed by atoms with Crippen LogP contribution in [0, 0.1) is 0 Å². The van der Waals surface area contributed by atoms with Crippen molar-refractivity contribution in [3.05, 3.63) is 18.2 Å². The molecular formula is C17H26N6O8. The average molecular weight is 442 g/mol. The van der Waals surface area contributed by atoms with Gasteiger partial charge in [0.15, 0.2) is 0 Å². The zero-order chi connectivity index (χ0) is 23.6. The summed E-state index contributed by atoms with van der Waals surface area (Å²) in [5.74, 6) is -5.08. The number of nitrogens with one attached hydrogen (secondary N) is 4. The SMILES string of the molecule is CC(O)C(N)C(=O)NCC(=O)NC(Cc1cnc[nH]1)C(=O)NC(CCC(=O)O)C(=O)O. The number of hydrogen-bond acceptors (Lipinski definition) is 8. The smallest absolute Gasteiger partial charge is 0.326 e. The van der Waals surface area contributed by atoms with Gasteiger partial charge in [-0.1, -0.05) is 0 Å². The Morgan fingerprint density at radius 2 is 1.81 bits per heavy atom. The highest BCUT2D eigenvalue weighted by Gasteiger charge is 2.28. The first-order chi connectivity index (χ1) is 14.5. The van der Waals surface area contributed by atoms with Crippen molar-refractivity contribution >= 4 is 29.7 Å². The lowest BCUT2D eigenvalue weighted by atomic mass is 10.1. The summed E-state index contributed by atoms with van der Waals surface area (Å²) < 4.78 is 0. The summed E-state index contributed by atoms with van der Waals surface area (Å²) >= 11 is 0. The van der Waals surface area contributed by atoms with Crippen LogP contribution in [0.15, 0.2) is 12.5 Å². The van der Waals surface area contributed by atoms with E-state index in [-0.39, 0.29) is 12.8 Å². The molecule has 0 fully saturated rings. The molecule has 1 aromatic rings. The summed E-state index contributed by atoms with van der Waals surface area (Å²) in [5.41, 5.74) is 5.91. The Labute approximate surface area is 176 Å². The Morgan fingerprint density at radius 3 is 2.32 bits per heavy atom. The number of carbonyl (C=O) groups excluding carboxylic acids is 3. The number of nitrogens with two attached hydrogens (primary N) is 1. The van der Waals surface area contributed by atoms with Crippen molar-refractivity contribution in [2.45, 2.75) is 50.4 Å². The molecule has 31 heavy (non-hydrogen) atoms. The van der Waals surface area contributed by atoms with Crippen LogP contribution < -0.4 is 21.7 Å². The van der Waals surface area contributed by atoms with E-state index in [4.69, 9.17) is 10.8 Å². The molecule has 0 aliphatic heterocycles. The van der Waals surface area contributed by atoms with Crippen molar-refractivity contribution in [3.8, 4) is 0 Å². The van der Waals surface area contributed by atoms with E-state index >= 15 is 0 Å². The highest BCUT2D eigenvalue weighted by Crippen LogP contribution is 2.03. The van der Waals surface area contributed by atoms with E-state index in [0.717, 1.165) is 0 Å². The average Bonchev–Trinajstić information content (AvgIpc) is 3.20. The number of amides is 3. The van der Waals surface area contributed by atoms with Gasteiger partial charge in [0.25, 0.3) is 0 Å². The number of aromatic amines is 1. The van der Waals surface area contributed by atoms with Crippen LogP contribution in [0.4, 0.5) is 0 Å². The number of aliphatic hydroxyl groups excluding tert-OH is 1. The van der Waals surface area contributed by atoms with E-state index < -0.39 is 66.9 Å². The van der Waals surface area contributed by atoms with E-state index in [1.165, 1.54) is 19.4 Å². The molecule has 9 N–H and O–H groups in total. The molecule has 14 nitrogen and oxygen atoms in total. The molecule has 0 radical (unpaired) electrons. The van der Waals surface area contributed by atoms with Gasteiger partial charge in [0, 0.05) is 24.7 Å². The maximum absolute atomic E-state index is 12.6. The van der Waals surface area contributed by atoms with Crippen molar-refractivity contribution < 1.29 is 39.3 Å². The number of aliphatic hydroxyl groups is 1. The maximum Gasteiger partial charge on any atom is 0.326 e. The van der Waals surface area contributed by atoms with Gasteiger partial charge in [-0.25, -0.2) is 9.78 Å². The normalized spacial score (nSPS) is 14.5. The molecule has 1 rings (SSSR count). The van der Waals surface area contributed by atoms with Crippen molar-refractivity contribution in [3.63, 3.8) is 0 Å². The lowest BCUT2D eigenvalue weighted by Gasteiger charge is -2.21. The zero-order valence-corrected chi connectivity index (χ0v) is 16.7. The highest BCUT2D eigenvalue weighted by atomic mass is 16.4. The Balaban J connectivity index is 2.80. The molecule has 0 spiro atoms. The molecule has 0 saturated carbocycles. The number of imidazole rings is 1. The highest BCUT2D eigenvalue weighted by molar-refractivity contribution is 5.92. The predicted molar refractivity (Wildman–Crippen MR) is 103 cm³/mol. The lowest BCUT2D eigenvalue weighted by Crippen LogP contribution is -2.55. The van der Waals surface area contributed by atoms with Gasteiger partial charge in [0.05, 0.1) is 19.0 Å². The molecule has 0 aliphatic rings. The predicted octanol–water partition coefficient (Wildman–Crippen LogP) is -3.30. The second-order valence-electron chi connectivity index (χ2n) is 6.72. The van der Waals surface area contributed by atoms with Crippen LogP contribution in [0.25, 0.3) is 0 Å². The third kappa shape index (κ3) is 9.22. The Hall–Kier alpha value is -3.52. The molecule has 0 aliphatic carbocycles. The lowest BCUT2D eigenvalue weighted by molar-refractivity contribution is -0.143. The van der Waals surface area contributed by atoms with Crippen LogP contribution >= 0.6 is 0 Å². The molecule has 4 unspecified atom stereocenters. The minimum atomic E-state index is -1.48. The fourth-order valence-corrected chi connectivity index (χ4v) is 2.37. The molecule has 3 amide bonds. The van der Waals surface area contributed by atoms with Gasteiger partial charge in [0.1, 0.15) is 18.1 Å². The minimum Gasteiger partial charge on any atom is -0.481 e. The van der Waals surface area contributed by atoms with Crippen LogP contribution in [0.1, 0.15) is 25.5 Å². The quantitative estimate of drug-likeness (QED) is 0.151. The Morgan fingerprint density at radius 1 is 1.13 bits per heavy atom. The van der Waals surface area contributed by atoms with Crippen LogP contribution in [0.5, 0.6) is 0 Å². The van der Waals surface area contributed by atoms with E-state index in [1.54, 1.807) is 0 Å². The molecule has 0 bridgehead atoms. The fourth-order valence-electron chi connectivity index (χ4n) is 2.37. The standard InChI is InChI=1S/C17H26N6O8/c1-8(24)14(18)16(29)20-6-12(25)22-11(4-9-5-19-7-21-9)15(28)23-10(17(30)31)2-3-13(26)27/h5,7-8,10-11,14,24H,2-4,6,18H2,1H3,(H,19,21)(H,20,29)(H,22,25)(H,23,28)(H,26,27)(H,30,31). The van der Waals surface area contributed by atoms with Gasteiger partial charge in [-0.3, -0.25) is 19.2 Å². The molecule has 0 saturated heterocycles. The van der Waals surface area contributed by atoms with Gasteiger partial charge < -0.3 is 42.0 Å². The van der Waals surface area contributed by atoms with Gasteiger partial charge in [0.2, 0.25) is 17.7 Å². The molecule has 4 atom stereocenters. The zero-order valence-electron chi connectivity index (χ0n) is 16.7. The van der Waals surface area contributed by atoms with Gasteiger partial charge in [-0.05, 0) is 13.3 Å². The molecule has 1 heterocycles. The third-order valence-electron chi connectivity index (χ3n) is 4.14. The number of carbonyl (C=O) groups is 5. The Kier molecular flexibility index (Phi) is 10.1. The van der Waals surface area contributed by atoms with Gasteiger partial charge in [-0.2, -0.15) is 0 Å². The first-order valence-electron chi connectivity index (χ1n) is 9.24. The molecular weight excluding hydrogens is 416 g/mol. The number of hydrogen-bond donors (Lipinski definition) is 8. The third-order valence-corrected chi connectivity index (χ3v) is 4.14. The number of rotatable bonds is 13. The second kappa shape index (κ2) is 12.2. The summed E-state index contributed by atoms with van der Waals surface area (Å²) in [7, 11) is 0. The number of carboxylic acids is 2. The van der Waals surface area contributed by atoms with E-state index in [1.807, 2.05) is 0 Å². The molecule has 0 aromatic carbocycles.